The minimum Gasteiger partial charge on any atom is -0.481 e. The van der Waals surface area contributed by atoms with E-state index in [4.69, 9.17) is 5.11 Å². The van der Waals surface area contributed by atoms with Gasteiger partial charge in [-0.3, -0.25) is 9.59 Å². The van der Waals surface area contributed by atoms with Crippen LogP contribution < -0.4 is 10.6 Å². The minimum atomic E-state index is -0.872. The molecule has 0 aromatic heterocycles. The van der Waals surface area contributed by atoms with Gasteiger partial charge in [0.25, 0.3) is 0 Å². The molecule has 0 bridgehead atoms. The van der Waals surface area contributed by atoms with Gasteiger partial charge in [0.2, 0.25) is 5.91 Å². The summed E-state index contributed by atoms with van der Waals surface area (Å²) in [5.74, 6) is -0.781. The van der Waals surface area contributed by atoms with Gasteiger partial charge >= 0.3 is 5.97 Å². The number of nitrogens with one attached hydrogen (secondary N) is 2. The van der Waals surface area contributed by atoms with Crippen molar-refractivity contribution in [3.05, 3.63) is 0 Å². The number of carbonyl (C=O) groups is 2. The number of amides is 1. The zero-order chi connectivity index (χ0) is 12.7. The van der Waals surface area contributed by atoms with Crippen LogP contribution in [0.25, 0.3) is 0 Å². The Labute approximate surface area is 102 Å². The molecule has 17 heavy (non-hydrogen) atoms. The van der Waals surface area contributed by atoms with Crippen LogP contribution in [0, 0.1) is 11.8 Å². The predicted molar refractivity (Wildman–Crippen MR) is 64.6 cm³/mol. The van der Waals surface area contributed by atoms with E-state index in [0.29, 0.717) is 12.3 Å². The molecule has 98 valence electrons. The third-order valence-corrected chi connectivity index (χ3v) is 3.27. The van der Waals surface area contributed by atoms with Crippen LogP contribution in [0.2, 0.25) is 0 Å². The Balaban J connectivity index is 2.10. The van der Waals surface area contributed by atoms with Crippen LogP contribution >= 0.6 is 0 Å². The van der Waals surface area contributed by atoms with Crippen molar-refractivity contribution in [2.45, 2.75) is 32.6 Å². The lowest BCUT2D eigenvalue weighted by Crippen LogP contribution is -2.32. The monoisotopic (exact) mass is 242 g/mol. The molecular formula is C12H22N2O3. The van der Waals surface area contributed by atoms with Crippen molar-refractivity contribution in [2.24, 2.45) is 11.8 Å². The van der Waals surface area contributed by atoms with Crippen molar-refractivity contribution in [1.82, 2.24) is 10.6 Å². The Morgan fingerprint density at radius 2 is 2.06 bits per heavy atom. The smallest absolute Gasteiger partial charge is 0.308 e. The van der Waals surface area contributed by atoms with Gasteiger partial charge in [0, 0.05) is 13.0 Å². The van der Waals surface area contributed by atoms with E-state index in [-0.39, 0.29) is 12.5 Å². The second kappa shape index (κ2) is 7.27. The first-order valence-corrected chi connectivity index (χ1v) is 6.30. The largest absolute Gasteiger partial charge is 0.481 e. The van der Waals surface area contributed by atoms with Crippen molar-refractivity contribution >= 4 is 11.9 Å². The summed E-state index contributed by atoms with van der Waals surface area (Å²) in [6.45, 7) is 3.90. The summed E-state index contributed by atoms with van der Waals surface area (Å²) < 4.78 is 0. The predicted octanol–water partition coefficient (Wildman–Crippen LogP) is 0.603. The van der Waals surface area contributed by atoms with E-state index in [1.54, 1.807) is 6.92 Å². The first kappa shape index (κ1) is 14.0. The molecule has 0 aromatic rings. The van der Waals surface area contributed by atoms with Gasteiger partial charge in [0.1, 0.15) is 0 Å². The molecule has 1 heterocycles. The number of carboxylic acid groups (broad SMARTS) is 1. The highest BCUT2D eigenvalue weighted by molar-refractivity contribution is 5.77. The van der Waals surface area contributed by atoms with E-state index in [2.05, 4.69) is 10.6 Å². The molecule has 1 unspecified atom stereocenters. The summed E-state index contributed by atoms with van der Waals surface area (Å²) in [7, 11) is 0. The van der Waals surface area contributed by atoms with Crippen molar-refractivity contribution in [3.63, 3.8) is 0 Å². The highest BCUT2D eigenvalue weighted by atomic mass is 16.4. The third-order valence-electron chi connectivity index (χ3n) is 3.27. The van der Waals surface area contributed by atoms with Crippen molar-refractivity contribution in [2.75, 3.05) is 19.6 Å². The standard InChI is InChI=1S/C12H22N2O3/c1-9(12(16)17)8-14-11(15)3-2-10-4-6-13-7-5-10/h9-10,13H,2-8H2,1H3,(H,14,15)(H,16,17). The maximum absolute atomic E-state index is 11.5. The summed E-state index contributed by atoms with van der Waals surface area (Å²) in [4.78, 5) is 22.1. The average molecular weight is 242 g/mol. The summed E-state index contributed by atoms with van der Waals surface area (Å²) in [5, 5.41) is 14.6. The number of hydrogen-bond donors (Lipinski definition) is 3. The Kier molecular flexibility index (Phi) is 5.97. The fourth-order valence-corrected chi connectivity index (χ4v) is 1.95. The van der Waals surface area contributed by atoms with Crippen LogP contribution in [0.4, 0.5) is 0 Å². The summed E-state index contributed by atoms with van der Waals surface area (Å²) in [5.41, 5.74) is 0. The molecule has 1 fully saturated rings. The Morgan fingerprint density at radius 1 is 1.41 bits per heavy atom. The molecule has 1 atom stereocenters. The molecule has 1 aliphatic heterocycles. The molecule has 3 N–H and O–H groups in total. The first-order chi connectivity index (χ1) is 8.09. The van der Waals surface area contributed by atoms with Crippen LogP contribution in [0.1, 0.15) is 32.6 Å². The lowest BCUT2D eigenvalue weighted by molar-refractivity contribution is -0.141. The molecule has 5 heteroatoms. The summed E-state index contributed by atoms with van der Waals surface area (Å²) in [6, 6.07) is 0. The van der Waals surface area contributed by atoms with Gasteiger partial charge in [0.15, 0.2) is 0 Å². The second-order valence-corrected chi connectivity index (χ2v) is 4.78. The topological polar surface area (TPSA) is 78.4 Å². The van der Waals surface area contributed by atoms with Gasteiger partial charge in [-0.05, 0) is 38.3 Å². The molecule has 5 nitrogen and oxygen atoms in total. The zero-order valence-corrected chi connectivity index (χ0v) is 10.4. The van der Waals surface area contributed by atoms with E-state index in [1.807, 2.05) is 0 Å². The van der Waals surface area contributed by atoms with Gasteiger partial charge in [-0.25, -0.2) is 0 Å². The summed E-state index contributed by atoms with van der Waals surface area (Å²) in [6.07, 6.45) is 3.70. The highest BCUT2D eigenvalue weighted by Gasteiger charge is 2.15. The van der Waals surface area contributed by atoms with E-state index < -0.39 is 11.9 Å². The molecule has 1 amide bonds. The quantitative estimate of drug-likeness (QED) is 0.637. The molecule has 0 saturated carbocycles. The van der Waals surface area contributed by atoms with Crippen LogP contribution in [-0.4, -0.2) is 36.6 Å². The number of hydrogen-bond acceptors (Lipinski definition) is 3. The molecule has 0 aliphatic carbocycles. The van der Waals surface area contributed by atoms with Crippen LogP contribution in [-0.2, 0) is 9.59 Å². The van der Waals surface area contributed by atoms with Gasteiger partial charge < -0.3 is 15.7 Å². The average Bonchev–Trinajstić information content (AvgIpc) is 2.34. The number of aliphatic carboxylic acids is 1. The normalized spacial score (nSPS) is 18.6. The van der Waals surface area contributed by atoms with Crippen LogP contribution in [0.5, 0.6) is 0 Å². The van der Waals surface area contributed by atoms with Crippen molar-refractivity contribution < 1.29 is 14.7 Å². The number of rotatable bonds is 6. The van der Waals surface area contributed by atoms with E-state index >= 15 is 0 Å². The maximum atomic E-state index is 11.5. The van der Waals surface area contributed by atoms with Crippen LogP contribution in [0.15, 0.2) is 0 Å². The van der Waals surface area contributed by atoms with Gasteiger partial charge in [-0.1, -0.05) is 6.92 Å². The van der Waals surface area contributed by atoms with Gasteiger partial charge in [-0.15, -0.1) is 0 Å². The lowest BCUT2D eigenvalue weighted by Gasteiger charge is -2.22. The molecule has 0 spiro atoms. The molecule has 1 aliphatic rings. The Morgan fingerprint density at radius 3 is 2.65 bits per heavy atom. The Bertz CT molecular complexity index is 262. The number of piperidine rings is 1. The molecule has 0 radical (unpaired) electrons. The van der Waals surface area contributed by atoms with Crippen molar-refractivity contribution in [1.29, 1.82) is 0 Å². The fraction of sp³-hybridized carbons (Fsp3) is 0.833. The number of carbonyl (C=O) groups excluding carboxylic acids is 1. The lowest BCUT2D eigenvalue weighted by atomic mass is 9.93. The third kappa shape index (κ3) is 5.68. The van der Waals surface area contributed by atoms with E-state index in [9.17, 15) is 9.59 Å². The number of carboxylic acids is 1. The molecule has 0 aromatic carbocycles. The van der Waals surface area contributed by atoms with E-state index in [1.165, 1.54) is 0 Å². The molecule has 1 saturated heterocycles. The first-order valence-electron chi connectivity index (χ1n) is 6.30. The Hall–Kier alpha value is -1.10. The van der Waals surface area contributed by atoms with Crippen LogP contribution in [0.3, 0.4) is 0 Å². The fourth-order valence-electron chi connectivity index (χ4n) is 1.95. The maximum Gasteiger partial charge on any atom is 0.308 e. The van der Waals surface area contributed by atoms with Crippen molar-refractivity contribution in [3.8, 4) is 0 Å². The molecular weight excluding hydrogens is 220 g/mol. The second-order valence-electron chi connectivity index (χ2n) is 4.78. The SMILES string of the molecule is CC(CNC(=O)CCC1CCNCC1)C(=O)O. The van der Waals surface area contributed by atoms with Gasteiger partial charge in [0.05, 0.1) is 5.92 Å². The highest BCUT2D eigenvalue weighted by Crippen LogP contribution is 2.17. The molecule has 1 rings (SSSR count). The van der Waals surface area contributed by atoms with Gasteiger partial charge in [-0.2, -0.15) is 0 Å². The van der Waals surface area contributed by atoms with E-state index in [0.717, 1.165) is 32.4 Å². The zero-order valence-electron chi connectivity index (χ0n) is 10.4. The minimum absolute atomic E-state index is 0.0309. The summed E-state index contributed by atoms with van der Waals surface area (Å²) >= 11 is 0.